The molecule has 0 spiro atoms. The van der Waals surface area contributed by atoms with Gasteiger partial charge >= 0.3 is 5.97 Å². The van der Waals surface area contributed by atoms with Gasteiger partial charge in [-0.3, -0.25) is 4.79 Å². The Morgan fingerprint density at radius 3 is 1.77 bits per heavy atom. The Bertz CT molecular complexity index is 194. The first-order valence-corrected chi connectivity index (χ1v) is 5.22. The average Bonchev–Trinajstić information content (AvgIpc) is 1.82. The monoisotopic (exact) mass is 204 g/mol. The van der Waals surface area contributed by atoms with Crippen molar-refractivity contribution in [3.05, 3.63) is 0 Å². The van der Waals surface area contributed by atoms with Gasteiger partial charge < -0.3 is 9.53 Å². The van der Waals surface area contributed by atoms with Gasteiger partial charge in [0.05, 0.1) is 11.5 Å². The maximum absolute atomic E-state index is 11.1. The van der Waals surface area contributed by atoms with Gasteiger partial charge in [0.1, 0.15) is 10.5 Å². The second kappa shape index (κ2) is 3.80. The predicted molar refractivity (Wildman–Crippen MR) is 55.7 cm³/mol. The minimum absolute atomic E-state index is 0.278. The Kier molecular flexibility index (Phi) is 3.69. The van der Waals surface area contributed by atoms with E-state index in [2.05, 4.69) is 0 Å². The van der Waals surface area contributed by atoms with Crippen LogP contribution in [0, 0.1) is 11.3 Å². The number of aliphatic carboxylic acids is 1. The molecule has 0 saturated carbocycles. The molecule has 0 aromatic heterocycles. The molecule has 0 heterocycles. The minimum Gasteiger partial charge on any atom is -0.481 e. The van der Waals surface area contributed by atoms with E-state index in [1.807, 2.05) is 34.6 Å². The Hall–Kier alpha value is -0.353. The molecule has 0 amide bonds. The zero-order valence-corrected chi connectivity index (χ0v) is 11.3. The summed E-state index contributed by atoms with van der Waals surface area (Å²) in [6.07, 6.45) is 0. The lowest BCUT2D eigenvalue weighted by Crippen LogP contribution is -2.46. The smallest absolute Gasteiger partial charge is 0.309 e. The predicted octanol–water partition coefficient (Wildman–Crippen LogP) is 0.809. The Morgan fingerprint density at radius 2 is 1.69 bits per heavy atom. The van der Waals surface area contributed by atoms with Crippen molar-refractivity contribution in [3.63, 3.8) is 0 Å². The molecule has 0 rings (SSSR count). The Labute approximate surface area is 83.0 Å². The van der Waals surface area contributed by atoms with Gasteiger partial charge in [-0.2, -0.15) is 0 Å². The fourth-order valence-corrected chi connectivity index (χ4v) is 2.06. The van der Waals surface area contributed by atoms with Crippen LogP contribution in [0.3, 0.4) is 0 Å². The fraction of sp³-hybridized carbons (Fsp3) is 0.889. The molecule has 0 fully saturated rings. The van der Waals surface area contributed by atoms with Crippen LogP contribution >= 0.6 is 0 Å². The molecule has 0 aromatic carbocycles. The summed E-state index contributed by atoms with van der Waals surface area (Å²) in [6, 6.07) is 0. The second-order valence-electron chi connectivity index (χ2n) is 4.94. The molecule has 0 saturated heterocycles. The third-order valence-electron chi connectivity index (χ3n) is 2.33. The third kappa shape index (κ3) is 3.12. The molecule has 0 aliphatic carbocycles. The van der Waals surface area contributed by atoms with Crippen molar-refractivity contribution >= 4 is 16.5 Å². The van der Waals surface area contributed by atoms with Crippen molar-refractivity contribution in [2.24, 2.45) is 11.3 Å². The number of hydrogen-bond donors (Lipinski definition) is 1. The summed E-state index contributed by atoms with van der Waals surface area (Å²) >= 11 is 0. The fourth-order valence-electron chi connectivity index (χ4n) is 1.83. The molecule has 1 unspecified atom stereocenters. The van der Waals surface area contributed by atoms with Crippen LogP contribution in [-0.2, 0) is 9.22 Å². The van der Waals surface area contributed by atoms with Crippen LogP contribution in [0.1, 0.15) is 34.6 Å². The summed E-state index contributed by atoms with van der Waals surface area (Å²) in [4.78, 5) is 11.1. The highest BCUT2D eigenvalue weighted by molar-refractivity contribution is 5.98. The molecular formula is C9H20O3Si. The summed E-state index contributed by atoms with van der Waals surface area (Å²) in [5.74, 6) is -1.26. The molecule has 0 aliphatic heterocycles. The zero-order chi connectivity index (χ0) is 10.9. The maximum atomic E-state index is 11.1. The Balaban J connectivity index is 4.94. The van der Waals surface area contributed by atoms with Crippen LogP contribution in [0.2, 0.25) is 0 Å². The van der Waals surface area contributed by atoms with E-state index >= 15 is 0 Å². The van der Waals surface area contributed by atoms with Crippen molar-refractivity contribution < 1.29 is 14.3 Å². The van der Waals surface area contributed by atoms with E-state index in [0.29, 0.717) is 10.5 Å². The quantitative estimate of drug-likeness (QED) is 0.692. The highest BCUT2D eigenvalue weighted by Gasteiger charge is 2.43. The van der Waals surface area contributed by atoms with Crippen LogP contribution in [0.15, 0.2) is 0 Å². The van der Waals surface area contributed by atoms with Crippen LogP contribution in [-0.4, -0.2) is 27.2 Å². The summed E-state index contributed by atoms with van der Waals surface area (Å²) in [7, 11) is 0.561. The molecule has 13 heavy (non-hydrogen) atoms. The van der Waals surface area contributed by atoms with Crippen molar-refractivity contribution in [1.82, 2.24) is 0 Å². The van der Waals surface area contributed by atoms with Gasteiger partial charge in [-0.1, -0.05) is 20.8 Å². The van der Waals surface area contributed by atoms with Gasteiger partial charge in [-0.15, -0.1) is 0 Å². The van der Waals surface area contributed by atoms with Crippen molar-refractivity contribution in [2.75, 3.05) is 0 Å². The Morgan fingerprint density at radius 1 is 1.31 bits per heavy atom. The largest absolute Gasteiger partial charge is 0.481 e. The summed E-state index contributed by atoms with van der Waals surface area (Å²) < 4.78 is 5.35. The van der Waals surface area contributed by atoms with Gasteiger partial charge in [0.15, 0.2) is 0 Å². The van der Waals surface area contributed by atoms with Crippen LogP contribution in [0.25, 0.3) is 0 Å². The van der Waals surface area contributed by atoms with E-state index in [9.17, 15) is 4.79 Å². The van der Waals surface area contributed by atoms with E-state index < -0.39 is 17.5 Å². The molecule has 0 radical (unpaired) electrons. The molecule has 78 valence electrons. The normalized spacial score (nSPS) is 15.8. The van der Waals surface area contributed by atoms with E-state index in [0.717, 1.165) is 0 Å². The highest BCUT2D eigenvalue weighted by atomic mass is 28.2. The van der Waals surface area contributed by atoms with Crippen molar-refractivity contribution in [2.45, 2.75) is 40.2 Å². The van der Waals surface area contributed by atoms with Crippen LogP contribution in [0.5, 0.6) is 0 Å². The number of carboxylic acids is 1. The van der Waals surface area contributed by atoms with E-state index in [1.165, 1.54) is 0 Å². The summed E-state index contributed by atoms with van der Waals surface area (Å²) in [5, 5.41) is 9.11. The lowest BCUT2D eigenvalue weighted by atomic mass is 9.72. The summed E-state index contributed by atoms with van der Waals surface area (Å²) in [6.45, 7) is 9.45. The van der Waals surface area contributed by atoms with E-state index in [1.54, 1.807) is 0 Å². The zero-order valence-electron chi connectivity index (χ0n) is 9.34. The van der Waals surface area contributed by atoms with E-state index in [4.69, 9.17) is 9.53 Å². The molecule has 3 nitrogen and oxygen atoms in total. The minimum atomic E-state index is -0.784. The number of hydrogen-bond acceptors (Lipinski definition) is 2. The first-order valence-electron chi connectivity index (χ1n) is 4.41. The van der Waals surface area contributed by atoms with Gasteiger partial charge in [0.25, 0.3) is 0 Å². The first kappa shape index (κ1) is 12.6. The molecule has 1 N–H and O–H groups in total. The second-order valence-corrected chi connectivity index (χ2v) is 5.35. The number of rotatable bonds is 3. The third-order valence-corrected chi connectivity index (χ3v) is 3.39. The van der Waals surface area contributed by atoms with Gasteiger partial charge in [0.2, 0.25) is 0 Å². The molecule has 0 bridgehead atoms. The molecule has 1 atom stereocenters. The number of carbonyl (C=O) groups is 1. The molecular weight excluding hydrogens is 184 g/mol. The molecule has 0 aliphatic rings. The standard InChI is InChI=1S/C9H20O3Si/c1-8(2,3)6(7(10)11)9(4,5)12-13/h6H,1-5,13H3,(H,10,11). The SMILES string of the molecule is CC(C)(C)C(C(=O)O)C(C)(C)O[SiH3]. The topological polar surface area (TPSA) is 46.5 Å². The van der Waals surface area contributed by atoms with Gasteiger partial charge in [-0.25, -0.2) is 0 Å². The maximum Gasteiger partial charge on any atom is 0.309 e. The van der Waals surface area contributed by atoms with Crippen LogP contribution < -0.4 is 0 Å². The highest BCUT2D eigenvalue weighted by Crippen LogP contribution is 2.36. The van der Waals surface area contributed by atoms with Crippen LogP contribution in [0.4, 0.5) is 0 Å². The molecule has 4 heteroatoms. The average molecular weight is 204 g/mol. The summed E-state index contributed by atoms with van der Waals surface area (Å²) in [5.41, 5.74) is -0.851. The van der Waals surface area contributed by atoms with Gasteiger partial charge in [-0.05, 0) is 19.3 Å². The van der Waals surface area contributed by atoms with Crippen molar-refractivity contribution in [3.8, 4) is 0 Å². The number of carboxylic acid groups (broad SMARTS) is 1. The lowest BCUT2D eigenvalue weighted by molar-refractivity contribution is -0.155. The van der Waals surface area contributed by atoms with Gasteiger partial charge in [0, 0.05) is 0 Å². The first-order chi connectivity index (χ1) is 5.63. The lowest BCUT2D eigenvalue weighted by Gasteiger charge is -2.39. The van der Waals surface area contributed by atoms with E-state index in [-0.39, 0.29) is 5.41 Å². The molecule has 0 aromatic rings. The van der Waals surface area contributed by atoms with Crippen molar-refractivity contribution in [1.29, 1.82) is 0 Å².